The molecule has 1 aromatic heterocycles. The molecule has 8 nitrogen and oxygen atoms in total. The number of hydrogen-bond acceptors (Lipinski definition) is 4. The zero-order valence-corrected chi connectivity index (χ0v) is 16.1. The lowest BCUT2D eigenvalue weighted by Crippen LogP contribution is -2.35. The molecule has 1 unspecified atom stereocenters. The van der Waals surface area contributed by atoms with E-state index < -0.39 is 27.8 Å². The van der Waals surface area contributed by atoms with Crippen LogP contribution < -0.4 is 5.32 Å². The van der Waals surface area contributed by atoms with E-state index >= 15 is 0 Å². The number of nitrogens with zero attached hydrogens (tertiary/aromatic N) is 2. The number of amides is 1. The molecule has 0 saturated carbocycles. The van der Waals surface area contributed by atoms with E-state index in [2.05, 4.69) is 5.32 Å². The maximum Gasteiger partial charge on any atom is 0.308 e. The largest absolute Gasteiger partial charge is 0.481 e. The molecule has 2 rings (SSSR count). The van der Waals surface area contributed by atoms with Gasteiger partial charge < -0.3 is 15.0 Å². The number of carboxylic acids is 1. The summed E-state index contributed by atoms with van der Waals surface area (Å²) in [6, 6.07) is 1.36. The second-order valence-electron chi connectivity index (χ2n) is 6.67. The highest BCUT2D eigenvalue weighted by Crippen LogP contribution is 2.22. The number of nitrogens with one attached hydrogen (secondary N) is 1. The molecule has 1 aromatic rings. The van der Waals surface area contributed by atoms with Crippen LogP contribution in [0, 0.1) is 5.92 Å². The van der Waals surface area contributed by atoms with Gasteiger partial charge in [0.15, 0.2) is 0 Å². The highest BCUT2D eigenvalue weighted by molar-refractivity contribution is 7.89. The van der Waals surface area contributed by atoms with E-state index in [-0.39, 0.29) is 17.1 Å². The van der Waals surface area contributed by atoms with Crippen molar-refractivity contribution in [2.45, 2.75) is 43.9 Å². The Morgan fingerprint density at radius 1 is 1.27 bits per heavy atom. The standard InChI is InChI=1S/C17H27N3O5S/c1-3-7-13(17(22)23)11-18-16(21)15-10-14(12-19(15)2)26(24,25)20-8-5-4-6-9-20/h10,12-13H,3-9,11H2,1-2H3,(H,18,21)(H,22,23). The first-order valence-corrected chi connectivity index (χ1v) is 10.4. The maximum absolute atomic E-state index is 12.7. The van der Waals surface area contributed by atoms with Gasteiger partial charge in [0.1, 0.15) is 10.6 Å². The van der Waals surface area contributed by atoms with Crippen molar-refractivity contribution in [2.75, 3.05) is 19.6 Å². The average Bonchev–Trinajstić information content (AvgIpc) is 3.01. The summed E-state index contributed by atoms with van der Waals surface area (Å²) in [5, 5.41) is 11.8. The van der Waals surface area contributed by atoms with Crippen LogP contribution in [-0.2, 0) is 21.9 Å². The SMILES string of the molecule is CCCC(CNC(=O)c1cc(S(=O)(=O)N2CCCCC2)cn1C)C(=O)O. The number of sulfonamides is 1. The van der Waals surface area contributed by atoms with Crippen molar-refractivity contribution in [2.24, 2.45) is 13.0 Å². The van der Waals surface area contributed by atoms with Crippen molar-refractivity contribution in [3.63, 3.8) is 0 Å². The Kier molecular flexibility index (Phi) is 6.82. The lowest BCUT2D eigenvalue weighted by atomic mass is 10.0. The zero-order chi connectivity index (χ0) is 19.3. The van der Waals surface area contributed by atoms with E-state index in [9.17, 15) is 18.0 Å². The quantitative estimate of drug-likeness (QED) is 0.704. The number of aryl methyl sites for hydroxylation is 1. The van der Waals surface area contributed by atoms with Crippen molar-refractivity contribution in [3.05, 3.63) is 18.0 Å². The highest BCUT2D eigenvalue weighted by atomic mass is 32.2. The Bertz CT molecular complexity index is 750. The van der Waals surface area contributed by atoms with Gasteiger partial charge in [-0.15, -0.1) is 0 Å². The van der Waals surface area contributed by atoms with Crippen LogP contribution in [0.1, 0.15) is 49.5 Å². The minimum atomic E-state index is -3.61. The molecule has 1 fully saturated rings. The first-order chi connectivity index (χ1) is 12.3. The second kappa shape index (κ2) is 8.68. The van der Waals surface area contributed by atoms with Gasteiger partial charge >= 0.3 is 5.97 Å². The van der Waals surface area contributed by atoms with Crippen molar-refractivity contribution in [3.8, 4) is 0 Å². The molecule has 9 heteroatoms. The molecule has 0 radical (unpaired) electrons. The van der Waals surface area contributed by atoms with Crippen LogP contribution in [0.25, 0.3) is 0 Å². The van der Waals surface area contributed by atoms with E-state index in [0.717, 1.165) is 19.3 Å². The summed E-state index contributed by atoms with van der Waals surface area (Å²) in [6.45, 7) is 2.89. The number of aliphatic carboxylic acids is 1. The van der Waals surface area contributed by atoms with E-state index in [4.69, 9.17) is 5.11 Å². The molecule has 0 bridgehead atoms. The molecule has 146 valence electrons. The van der Waals surface area contributed by atoms with Gasteiger partial charge in [-0.2, -0.15) is 4.31 Å². The lowest BCUT2D eigenvalue weighted by Gasteiger charge is -2.25. The first-order valence-electron chi connectivity index (χ1n) is 8.95. The predicted octanol–water partition coefficient (Wildman–Crippen LogP) is 1.43. The van der Waals surface area contributed by atoms with Crippen LogP contribution in [0.4, 0.5) is 0 Å². The summed E-state index contributed by atoms with van der Waals surface area (Å²) in [4.78, 5) is 23.6. The van der Waals surface area contributed by atoms with Gasteiger partial charge in [-0.25, -0.2) is 8.42 Å². The third-order valence-electron chi connectivity index (χ3n) is 4.66. The Balaban J connectivity index is 2.11. The Labute approximate surface area is 154 Å². The first kappa shape index (κ1) is 20.4. The summed E-state index contributed by atoms with van der Waals surface area (Å²) >= 11 is 0. The summed E-state index contributed by atoms with van der Waals surface area (Å²) in [6.07, 6.45) is 5.31. The molecular weight excluding hydrogens is 358 g/mol. The molecule has 26 heavy (non-hydrogen) atoms. The number of carbonyl (C=O) groups is 2. The van der Waals surface area contributed by atoms with Gasteiger partial charge in [-0.1, -0.05) is 19.8 Å². The highest BCUT2D eigenvalue weighted by Gasteiger charge is 2.28. The minimum absolute atomic E-state index is 0.0153. The van der Waals surface area contributed by atoms with Crippen LogP contribution in [0.15, 0.2) is 17.2 Å². The molecule has 2 N–H and O–H groups in total. The maximum atomic E-state index is 12.7. The molecule has 1 aliphatic rings. The molecule has 0 aliphatic carbocycles. The number of carbonyl (C=O) groups excluding carboxylic acids is 1. The smallest absolute Gasteiger partial charge is 0.308 e. The molecule has 2 heterocycles. The van der Waals surface area contributed by atoms with Crippen molar-refractivity contribution in [1.82, 2.24) is 14.2 Å². The third kappa shape index (κ3) is 4.64. The Morgan fingerprint density at radius 3 is 2.50 bits per heavy atom. The number of carboxylic acid groups (broad SMARTS) is 1. The zero-order valence-electron chi connectivity index (χ0n) is 15.3. The predicted molar refractivity (Wildman–Crippen MR) is 96.4 cm³/mol. The summed E-state index contributed by atoms with van der Waals surface area (Å²) < 4.78 is 28.4. The summed E-state index contributed by atoms with van der Waals surface area (Å²) in [5.74, 6) is -2.08. The fourth-order valence-corrected chi connectivity index (χ4v) is 4.71. The van der Waals surface area contributed by atoms with Crippen molar-refractivity contribution >= 4 is 21.9 Å². The number of piperidine rings is 1. The molecule has 0 aromatic carbocycles. The van der Waals surface area contributed by atoms with Crippen LogP contribution in [-0.4, -0.2) is 53.9 Å². The van der Waals surface area contributed by atoms with E-state index in [1.807, 2.05) is 6.92 Å². The normalized spacial score (nSPS) is 17.0. The van der Waals surface area contributed by atoms with Gasteiger partial charge in [-0.05, 0) is 25.3 Å². The lowest BCUT2D eigenvalue weighted by molar-refractivity contribution is -0.141. The van der Waals surface area contributed by atoms with Crippen LogP contribution in [0.3, 0.4) is 0 Å². The molecular formula is C17H27N3O5S. The Hall–Kier alpha value is -1.87. The monoisotopic (exact) mass is 385 g/mol. The Morgan fingerprint density at radius 2 is 1.92 bits per heavy atom. The molecule has 1 amide bonds. The van der Waals surface area contributed by atoms with Gasteiger partial charge in [0, 0.05) is 32.9 Å². The van der Waals surface area contributed by atoms with Crippen LogP contribution in [0.2, 0.25) is 0 Å². The third-order valence-corrected chi connectivity index (χ3v) is 6.52. The summed E-state index contributed by atoms with van der Waals surface area (Å²) in [7, 11) is -2.01. The van der Waals surface area contributed by atoms with Crippen molar-refractivity contribution in [1.29, 1.82) is 0 Å². The molecule has 1 atom stereocenters. The van der Waals surface area contributed by atoms with Crippen molar-refractivity contribution < 1.29 is 23.1 Å². The van der Waals surface area contributed by atoms with E-state index in [1.54, 1.807) is 7.05 Å². The number of hydrogen-bond donors (Lipinski definition) is 2. The summed E-state index contributed by atoms with van der Waals surface area (Å²) in [5.41, 5.74) is 0.196. The topological polar surface area (TPSA) is 109 Å². The van der Waals surface area contributed by atoms with Gasteiger partial charge in [0.25, 0.3) is 5.91 Å². The average molecular weight is 385 g/mol. The van der Waals surface area contributed by atoms with Gasteiger partial charge in [0.05, 0.1) is 5.92 Å². The van der Waals surface area contributed by atoms with Crippen LogP contribution in [0.5, 0.6) is 0 Å². The van der Waals surface area contributed by atoms with E-state index in [0.29, 0.717) is 25.9 Å². The second-order valence-corrected chi connectivity index (χ2v) is 8.61. The fourth-order valence-electron chi connectivity index (χ4n) is 3.12. The molecule has 1 aliphatic heterocycles. The fraction of sp³-hybridized carbons (Fsp3) is 0.647. The van der Waals surface area contributed by atoms with Gasteiger partial charge in [-0.3, -0.25) is 9.59 Å². The number of aromatic nitrogens is 1. The van der Waals surface area contributed by atoms with Crippen LogP contribution >= 0.6 is 0 Å². The number of rotatable bonds is 8. The van der Waals surface area contributed by atoms with Gasteiger partial charge in [0.2, 0.25) is 10.0 Å². The van der Waals surface area contributed by atoms with E-state index in [1.165, 1.54) is 21.1 Å². The molecule has 1 saturated heterocycles. The molecule has 0 spiro atoms. The minimum Gasteiger partial charge on any atom is -0.481 e.